The maximum absolute atomic E-state index is 10.9. The maximum atomic E-state index is 10.9. The average molecular weight is 260 g/mol. The van der Waals surface area contributed by atoms with Crippen molar-refractivity contribution < 1.29 is 16.5 Å². The largest absolute Gasteiger partial charge is 0.401 e. The first kappa shape index (κ1) is 13.6. The fourth-order valence-electron chi connectivity index (χ4n) is 1.58. The van der Waals surface area contributed by atoms with Gasteiger partial charge in [-0.05, 0) is 5.41 Å². The van der Waals surface area contributed by atoms with Crippen molar-refractivity contribution in [2.45, 2.75) is 20.8 Å². The van der Waals surface area contributed by atoms with Crippen LogP contribution in [0, 0.1) is 27.1 Å². The summed E-state index contributed by atoms with van der Waals surface area (Å²) in [6.07, 6.45) is 1.25. The summed E-state index contributed by atoms with van der Waals surface area (Å²) in [6, 6.07) is 0. The number of halogens is 1. The number of hydrogen-bond donors (Lipinski definition) is 0. The first-order valence-corrected chi connectivity index (χ1v) is 5.51. The van der Waals surface area contributed by atoms with Crippen LogP contribution >= 0.6 is 0 Å². The summed E-state index contributed by atoms with van der Waals surface area (Å²) in [5.74, 6) is 0.268. The van der Waals surface area contributed by atoms with Gasteiger partial charge >= 0.3 is 10.8 Å². The molecule has 0 saturated carbocycles. The fraction of sp³-hybridized carbons (Fsp3) is 0.600. The Labute approximate surface area is 105 Å². The van der Waals surface area contributed by atoms with Crippen molar-refractivity contribution in [1.82, 2.24) is 9.97 Å². The highest BCUT2D eigenvalue weighted by molar-refractivity contribution is 5.58. The second kappa shape index (κ2) is 4.83. The van der Waals surface area contributed by atoms with Gasteiger partial charge in [-0.15, -0.1) is 0 Å². The fourth-order valence-corrected chi connectivity index (χ4v) is 1.79. The Morgan fingerprint density at radius 1 is 1.47 bits per heavy atom. The number of nitro groups is 1. The molecule has 94 valence electrons. The molecule has 0 saturated heterocycles. The van der Waals surface area contributed by atoms with Crippen molar-refractivity contribution in [3.63, 3.8) is 0 Å². The molecule has 0 radical (unpaired) electrons. The lowest BCUT2D eigenvalue weighted by Gasteiger charge is -2.26. The first-order chi connectivity index (χ1) is 7.72. The molecule has 0 N–H and O–H groups in total. The molecular weight excluding hydrogens is 244 g/mol. The van der Waals surface area contributed by atoms with Crippen LogP contribution in [0.2, 0.25) is 5.15 Å². The molecular formula is C10H16ClN4O2+. The molecule has 0 aliphatic heterocycles. The van der Waals surface area contributed by atoms with Crippen LogP contribution < -0.4 is 4.90 Å². The zero-order valence-electron chi connectivity index (χ0n) is 10.3. The van der Waals surface area contributed by atoms with Crippen molar-refractivity contribution in [3.8, 4) is 0 Å². The number of nitrogens with zero attached hydrogens (tertiary/aromatic N) is 4. The van der Waals surface area contributed by atoms with E-state index in [1.807, 2.05) is 20.8 Å². The van der Waals surface area contributed by atoms with Gasteiger partial charge in [0.2, 0.25) is 5.82 Å². The molecule has 17 heavy (non-hydrogen) atoms. The lowest BCUT2D eigenvalue weighted by Crippen LogP contribution is -2.30. The van der Waals surface area contributed by atoms with Crippen molar-refractivity contribution in [2.24, 2.45) is 5.41 Å². The van der Waals surface area contributed by atoms with Crippen molar-refractivity contribution in [2.75, 3.05) is 18.5 Å². The minimum absolute atomic E-state index is 0.00911. The highest BCUT2D eigenvalue weighted by Gasteiger charge is 2.30. The summed E-state index contributed by atoms with van der Waals surface area (Å²) < 4.78 is 0. The lowest BCUT2D eigenvalue weighted by atomic mass is 9.96. The molecule has 0 atom stereocenters. The normalized spacial score (nSPS) is 11.4. The summed E-state index contributed by atoms with van der Waals surface area (Å²) in [7, 11) is 1.76. The predicted molar refractivity (Wildman–Crippen MR) is 62.0 cm³/mol. The van der Waals surface area contributed by atoms with E-state index in [4.69, 9.17) is 11.6 Å². The molecule has 1 heterocycles. The minimum Gasteiger partial charge on any atom is -0.353 e. The second-order valence-corrected chi connectivity index (χ2v) is 5.41. The van der Waals surface area contributed by atoms with Crippen LogP contribution in [-0.2, 0) is 0 Å². The van der Waals surface area contributed by atoms with Crippen molar-refractivity contribution in [3.05, 3.63) is 21.6 Å². The third kappa shape index (κ3) is 3.52. The van der Waals surface area contributed by atoms with Crippen LogP contribution in [0.3, 0.4) is 0 Å². The zero-order valence-corrected chi connectivity index (χ0v) is 11.1. The summed E-state index contributed by atoms with van der Waals surface area (Å²) >= 11 is 4.86. The molecule has 0 spiro atoms. The van der Waals surface area contributed by atoms with Crippen LogP contribution in [0.4, 0.5) is 11.5 Å². The maximum Gasteiger partial charge on any atom is 0.401 e. The third-order valence-electron chi connectivity index (χ3n) is 2.03. The molecule has 1 rings (SSSR count). The average Bonchev–Trinajstić information content (AvgIpc) is 2.13. The van der Waals surface area contributed by atoms with Gasteiger partial charge in [0.15, 0.2) is 11.6 Å². The monoisotopic (exact) mass is 259 g/mol. The number of hydrogen-bond acceptors (Lipinski definition) is 5. The standard InChI is InChI=1S/C10H16ClN4O2/c1-10(2,3)5-14(4)9-7(15(16)17)8(11)12-6-13-9/h6,11H,5H2,1-4H3/q+1. The molecule has 0 unspecified atom stereocenters. The SMILES string of the molecule is CN(CC(C)(C)C)c1ncnc([ClH+])c1[N+](=O)[O-]. The Kier molecular flexibility index (Phi) is 3.87. The third-order valence-corrected chi connectivity index (χ3v) is 2.32. The highest BCUT2D eigenvalue weighted by Crippen LogP contribution is 2.29. The first-order valence-electron chi connectivity index (χ1n) is 5.10. The van der Waals surface area contributed by atoms with Gasteiger partial charge < -0.3 is 4.90 Å². The van der Waals surface area contributed by atoms with E-state index < -0.39 is 4.92 Å². The Hall–Kier alpha value is -1.43. The van der Waals surface area contributed by atoms with Gasteiger partial charge in [-0.2, -0.15) is 4.98 Å². The molecule has 1 aromatic rings. The Morgan fingerprint density at radius 3 is 2.53 bits per heavy atom. The van der Waals surface area contributed by atoms with Gasteiger partial charge in [-0.1, -0.05) is 20.8 Å². The number of aromatic nitrogens is 2. The van der Waals surface area contributed by atoms with Gasteiger partial charge in [0.05, 0.1) is 4.92 Å². The second-order valence-electron chi connectivity index (χ2n) is 5.02. The number of rotatable bonds is 3. The topological polar surface area (TPSA) is 72.2 Å². The Bertz CT molecular complexity index is 431. The molecule has 0 amide bonds. The molecule has 6 nitrogen and oxygen atoms in total. The van der Waals surface area contributed by atoms with Gasteiger partial charge in [-0.3, -0.25) is 10.1 Å². The summed E-state index contributed by atoms with van der Waals surface area (Å²) in [5, 5.41) is 10.9. The van der Waals surface area contributed by atoms with E-state index in [9.17, 15) is 10.1 Å². The predicted octanol–water partition coefficient (Wildman–Crippen LogP) is 1.56. The highest BCUT2D eigenvalue weighted by atomic mass is 35.5. The number of anilines is 1. The van der Waals surface area contributed by atoms with Gasteiger partial charge in [-0.25, -0.2) is 4.98 Å². The quantitative estimate of drug-likeness (QED) is 0.468. The van der Waals surface area contributed by atoms with E-state index in [0.717, 1.165) is 0 Å². The molecule has 0 aliphatic carbocycles. The van der Waals surface area contributed by atoms with E-state index in [2.05, 4.69) is 9.97 Å². The van der Waals surface area contributed by atoms with Crippen LogP contribution in [0.15, 0.2) is 6.33 Å². The Morgan fingerprint density at radius 2 is 2.06 bits per heavy atom. The minimum atomic E-state index is -0.531. The van der Waals surface area contributed by atoms with Gasteiger partial charge in [0, 0.05) is 13.6 Å². The summed E-state index contributed by atoms with van der Waals surface area (Å²) in [6.45, 7) is 6.78. The van der Waals surface area contributed by atoms with Crippen LogP contribution in [-0.4, -0.2) is 28.5 Å². The lowest BCUT2D eigenvalue weighted by molar-refractivity contribution is -0.404. The summed E-state index contributed by atoms with van der Waals surface area (Å²) in [5.41, 5.74) is -0.191. The van der Waals surface area contributed by atoms with E-state index in [1.165, 1.54) is 6.33 Å². The van der Waals surface area contributed by atoms with E-state index >= 15 is 0 Å². The van der Waals surface area contributed by atoms with Crippen LogP contribution in [0.25, 0.3) is 0 Å². The van der Waals surface area contributed by atoms with Gasteiger partial charge in [0.25, 0.3) is 0 Å². The van der Waals surface area contributed by atoms with Crippen LogP contribution in [0.1, 0.15) is 20.8 Å². The molecule has 7 heteroatoms. The molecule has 0 aromatic carbocycles. The summed E-state index contributed by atoms with van der Waals surface area (Å²) in [4.78, 5) is 19.8. The van der Waals surface area contributed by atoms with E-state index in [0.29, 0.717) is 6.54 Å². The Balaban J connectivity index is 3.13. The molecule has 0 fully saturated rings. The van der Waals surface area contributed by atoms with Crippen LogP contribution in [0.5, 0.6) is 0 Å². The molecule has 1 aromatic heterocycles. The smallest absolute Gasteiger partial charge is 0.353 e. The molecule has 0 aliphatic rings. The van der Waals surface area contributed by atoms with E-state index in [-0.39, 0.29) is 22.1 Å². The van der Waals surface area contributed by atoms with Crippen molar-refractivity contribution in [1.29, 1.82) is 0 Å². The van der Waals surface area contributed by atoms with Crippen molar-refractivity contribution >= 4 is 11.5 Å². The van der Waals surface area contributed by atoms with E-state index in [1.54, 1.807) is 11.9 Å². The molecule has 0 bridgehead atoms. The van der Waals surface area contributed by atoms with Gasteiger partial charge in [0.1, 0.15) is 6.33 Å². The zero-order chi connectivity index (χ0) is 13.2.